The van der Waals surface area contributed by atoms with E-state index in [2.05, 4.69) is 20.1 Å². The van der Waals surface area contributed by atoms with Crippen molar-refractivity contribution < 1.29 is 9.53 Å². The molecule has 33 heavy (non-hydrogen) atoms. The number of nitrogens with zero attached hydrogens (tertiary/aromatic N) is 4. The van der Waals surface area contributed by atoms with E-state index in [9.17, 15) is 10.1 Å². The lowest BCUT2D eigenvalue weighted by Gasteiger charge is -2.08. The van der Waals surface area contributed by atoms with Crippen LogP contribution < -0.4 is 10.1 Å². The molecule has 4 aromatic rings. The van der Waals surface area contributed by atoms with Crippen molar-refractivity contribution in [3.63, 3.8) is 0 Å². The van der Waals surface area contributed by atoms with E-state index in [1.165, 1.54) is 11.3 Å². The minimum atomic E-state index is -0.506. The van der Waals surface area contributed by atoms with Crippen molar-refractivity contribution in [1.29, 1.82) is 5.26 Å². The molecule has 1 N–H and O–H groups in total. The molecule has 2 heterocycles. The number of ether oxygens (including phenoxy) is 1. The number of rotatable bonds is 8. The van der Waals surface area contributed by atoms with E-state index in [1.54, 1.807) is 6.08 Å². The second kappa shape index (κ2) is 10.1. The predicted molar refractivity (Wildman–Crippen MR) is 130 cm³/mol. The van der Waals surface area contributed by atoms with Gasteiger partial charge in [-0.25, -0.2) is 0 Å². The van der Waals surface area contributed by atoms with Crippen LogP contribution in [-0.4, -0.2) is 27.3 Å². The molecule has 2 aromatic carbocycles. The highest BCUT2D eigenvalue weighted by Crippen LogP contribution is 2.25. The fourth-order valence-electron chi connectivity index (χ4n) is 3.34. The lowest BCUT2D eigenvalue weighted by Crippen LogP contribution is -2.13. The summed E-state index contributed by atoms with van der Waals surface area (Å²) in [5, 5.41) is 22.5. The minimum absolute atomic E-state index is 0.000245. The molecule has 0 fully saturated rings. The number of nitrogens with one attached hydrogen (secondary N) is 1. The van der Waals surface area contributed by atoms with Crippen molar-refractivity contribution >= 4 is 39.4 Å². The van der Waals surface area contributed by atoms with Crippen LogP contribution in [0.25, 0.3) is 17.0 Å². The average Bonchev–Trinajstić information content (AvgIpc) is 3.43. The monoisotopic (exact) mass is 457 g/mol. The summed E-state index contributed by atoms with van der Waals surface area (Å²) in [6, 6.07) is 19.5. The van der Waals surface area contributed by atoms with E-state index in [-0.39, 0.29) is 11.5 Å². The Hall–Kier alpha value is -3.96. The van der Waals surface area contributed by atoms with Gasteiger partial charge in [-0.1, -0.05) is 61.6 Å². The quantitative estimate of drug-likeness (QED) is 0.288. The topological polar surface area (TPSA) is 92.8 Å². The maximum atomic E-state index is 12.7. The molecular formula is C25H23N5O2S. The molecule has 0 spiro atoms. The van der Waals surface area contributed by atoms with Gasteiger partial charge in [0.1, 0.15) is 29.0 Å². The van der Waals surface area contributed by atoms with Gasteiger partial charge in [0, 0.05) is 28.6 Å². The molecule has 7 nitrogen and oxygen atoms in total. The number of benzene rings is 2. The van der Waals surface area contributed by atoms with Gasteiger partial charge in [0.05, 0.1) is 6.54 Å². The zero-order valence-corrected chi connectivity index (χ0v) is 19.2. The Morgan fingerprint density at radius 1 is 1.18 bits per heavy atom. The molecule has 0 saturated heterocycles. The van der Waals surface area contributed by atoms with Crippen LogP contribution in [0.1, 0.15) is 30.3 Å². The van der Waals surface area contributed by atoms with Gasteiger partial charge < -0.3 is 9.30 Å². The zero-order valence-electron chi connectivity index (χ0n) is 18.4. The smallest absolute Gasteiger partial charge is 0.268 e. The van der Waals surface area contributed by atoms with Crippen LogP contribution in [-0.2, 0) is 11.3 Å². The highest BCUT2D eigenvalue weighted by Gasteiger charge is 2.15. The second-order valence-corrected chi connectivity index (χ2v) is 8.69. The first kappa shape index (κ1) is 22.2. The van der Waals surface area contributed by atoms with Gasteiger partial charge in [0.15, 0.2) is 0 Å². The number of aromatic nitrogens is 3. The normalized spacial score (nSPS) is 11.5. The van der Waals surface area contributed by atoms with Gasteiger partial charge in [0.25, 0.3) is 5.91 Å². The summed E-state index contributed by atoms with van der Waals surface area (Å²) in [6.45, 7) is 5.13. The fourth-order valence-corrected chi connectivity index (χ4v) is 4.08. The molecule has 0 unspecified atom stereocenters. The number of para-hydroxylation sites is 2. The van der Waals surface area contributed by atoms with Crippen LogP contribution in [0.4, 0.5) is 5.13 Å². The molecule has 0 saturated carbocycles. The number of hydrogen-bond acceptors (Lipinski definition) is 6. The highest BCUT2D eigenvalue weighted by atomic mass is 32.1. The molecule has 166 valence electrons. The summed E-state index contributed by atoms with van der Waals surface area (Å²) in [7, 11) is 0. The molecule has 2 aromatic heterocycles. The number of amides is 1. The fraction of sp³-hybridized carbons (Fsp3) is 0.200. The number of hydrogen-bond donors (Lipinski definition) is 1. The Morgan fingerprint density at radius 2 is 1.94 bits per heavy atom. The van der Waals surface area contributed by atoms with Crippen molar-refractivity contribution in [3.05, 3.63) is 76.9 Å². The van der Waals surface area contributed by atoms with E-state index in [1.807, 2.05) is 80.7 Å². The Balaban J connectivity index is 1.54. The molecule has 4 rings (SSSR count). The molecule has 0 aliphatic carbocycles. The number of carbonyl (C=O) groups excluding carboxylic acids is 1. The molecule has 8 heteroatoms. The SMILES string of the molecule is CC(C)c1nnc(NC(=O)/C(C#N)=C\c2cn(CCOc3ccccc3)c3ccccc23)s1. The number of carbonyl (C=O) groups is 1. The van der Waals surface area contributed by atoms with Crippen molar-refractivity contribution in [1.82, 2.24) is 14.8 Å². The van der Waals surface area contributed by atoms with E-state index in [0.717, 1.165) is 27.2 Å². The summed E-state index contributed by atoms with van der Waals surface area (Å²) in [5.74, 6) is 0.527. The van der Waals surface area contributed by atoms with Crippen LogP contribution >= 0.6 is 11.3 Å². The Kier molecular flexibility index (Phi) is 6.81. The number of fused-ring (bicyclic) bond motifs is 1. The lowest BCUT2D eigenvalue weighted by molar-refractivity contribution is -0.112. The lowest BCUT2D eigenvalue weighted by atomic mass is 10.1. The Labute approximate surface area is 196 Å². The zero-order chi connectivity index (χ0) is 23.2. The van der Waals surface area contributed by atoms with E-state index in [0.29, 0.717) is 18.3 Å². The van der Waals surface area contributed by atoms with Crippen LogP contribution in [0.15, 0.2) is 66.4 Å². The minimum Gasteiger partial charge on any atom is -0.492 e. The molecule has 0 atom stereocenters. The first-order chi connectivity index (χ1) is 16.0. The second-order valence-electron chi connectivity index (χ2n) is 7.68. The summed E-state index contributed by atoms with van der Waals surface area (Å²) < 4.78 is 7.90. The van der Waals surface area contributed by atoms with Gasteiger partial charge in [0.2, 0.25) is 5.13 Å². The van der Waals surface area contributed by atoms with E-state index >= 15 is 0 Å². The van der Waals surface area contributed by atoms with Gasteiger partial charge >= 0.3 is 0 Å². The third-order valence-corrected chi connectivity index (χ3v) is 6.12. The average molecular weight is 458 g/mol. The molecule has 0 aliphatic heterocycles. The molecule has 0 radical (unpaired) electrons. The van der Waals surface area contributed by atoms with Gasteiger partial charge in [-0.05, 0) is 24.3 Å². The van der Waals surface area contributed by atoms with Crippen LogP contribution in [0, 0.1) is 11.3 Å². The van der Waals surface area contributed by atoms with Gasteiger partial charge in [-0.3, -0.25) is 10.1 Å². The molecule has 1 amide bonds. The predicted octanol–water partition coefficient (Wildman–Crippen LogP) is 5.24. The van der Waals surface area contributed by atoms with Gasteiger partial charge in [-0.2, -0.15) is 5.26 Å². The van der Waals surface area contributed by atoms with E-state index < -0.39 is 5.91 Å². The molecule has 0 aliphatic rings. The molecular weight excluding hydrogens is 434 g/mol. The maximum Gasteiger partial charge on any atom is 0.268 e. The van der Waals surface area contributed by atoms with Crippen LogP contribution in [0.3, 0.4) is 0 Å². The number of anilines is 1. The van der Waals surface area contributed by atoms with Crippen LogP contribution in [0.2, 0.25) is 0 Å². The maximum absolute atomic E-state index is 12.7. The Bertz CT molecular complexity index is 1330. The molecule has 0 bridgehead atoms. The van der Waals surface area contributed by atoms with Crippen molar-refractivity contribution in [3.8, 4) is 11.8 Å². The summed E-state index contributed by atoms with van der Waals surface area (Å²) in [5.41, 5.74) is 1.79. The van der Waals surface area contributed by atoms with Crippen LogP contribution in [0.5, 0.6) is 5.75 Å². The van der Waals surface area contributed by atoms with E-state index in [4.69, 9.17) is 4.74 Å². The van der Waals surface area contributed by atoms with Gasteiger partial charge in [-0.15, -0.1) is 10.2 Å². The largest absolute Gasteiger partial charge is 0.492 e. The third-order valence-electron chi connectivity index (χ3n) is 4.98. The highest BCUT2D eigenvalue weighted by molar-refractivity contribution is 7.15. The summed E-state index contributed by atoms with van der Waals surface area (Å²) >= 11 is 1.31. The summed E-state index contributed by atoms with van der Waals surface area (Å²) in [6.07, 6.45) is 3.54. The van der Waals surface area contributed by atoms with Crippen molar-refractivity contribution in [2.45, 2.75) is 26.3 Å². The number of nitriles is 1. The Morgan fingerprint density at radius 3 is 2.67 bits per heavy atom. The standard InChI is InChI=1S/C25H23N5O2S/c1-17(2)24-28-29-25(33-24)27-23(31)18(15-26)14-19-16-30(22-11-7-6-10-21(19)22)12-13-32-20-8-4-3-5-9-20/h3-11,14,16-17H,12-13H2,1-2H3,(H,27,29,31)/b18-14-. The van der Waals surface area contributed by atoms with Crippen molar-refractivity contribution in [2.75, 3.05) is 11.9 Å². The first-order valence-corrected chi connectivity index (χ1v) is 11.4. The van der Waals surface area contributed by atoms with Crippen molar-refractivity contribution in [2.24, 2.45) is 0 Å². The third kappa shape index (κ3) is 5.27. The first-order valence-electron chi connectivity index (χ1n) is 10.6. The summed E-state index contributed by atoms with van der Waals surface area (Å²) in [4.78, 5) is 12.7.